The summed E-state index contributed by atoms with van der Waals surface area (Å²) >= 11 is 0. The predicted molar refractivity (Wildman–Crippen MR) is 113 cm³/mol. The van der Waals surface area contributed by atoms with Crippen LogP contribution in [0.3, 0.4) is 0 Å². The van der Waals surface area contributed by atoms with Crippen LogP contribution in [-0.4, -0.2) is 59.9 Å². The molecular weight excluding hydrogens is 350 g/mol. The number of amides is 2. The van der Waals surface area contributed by atoms with Crippen LogP contribution in [-0.2, 0) is 9.59 Å². The Balaban J connectivity index is 1.52. The lowest BCUT2D eigenvalue weighted by molar-refractivity contribution is -0.140. The van der Waals surface area contributed by atoms with Crippen LogP contribution in [0.15, 0.2) is 0 Å². The van der Waals surface area contributed by atoms with Crippen molar-refractivity contribution in [3.8, 4) is 0 Å². The Morgan fingerprint density at radius 3 is 2.29 bits per heavy atom. The summed E-state index contributed by atoms with van der Waals surface area (Å²) in [5.41, 5.74) is -0.0523. The molecule has 2 atom stereocenters. The maximum Gasteiger partial charge on any atom is 0.243 e. The highest BCUT2D eigenvalue weighted by Gasteiger charge is 2.53. The van der Waals surface area contributed by atoms with Gasteiger partial charge in [-0.1, -0.05) is 41.0 Å². The molecule has 3 aliphatic heterocycles. The molecular formula is C23H41N3O2. The fraction of sp³-hybridized carbons (Fsp3) is 0.913. The van der Waals surface area contributed by atoms with Crippen molar-refractivity contribution in [2.75, 3.05) is 32.7 Å². The number of nitrogens with zero attached hydrogens (tertiary/aromatic N) is 2. The minimum atomic E-state index is -0.199. The standard InChI is InChI=1S/C23H41N3O2/c1-6-18(21(2,3)4)15-19(27)24-16-22(5)11-14-25(17-22)20(28)23-9-7-12-26(23)13-8-10-23/h18H,6-17H2,1-5H3,(H,24,27). The average molecular weight is 392 g/mol. The van der Waals surface area contributed by atoms with Gasteiger partial charge in [-0.15, -0.1) is 0 Å². The van der Waals surface area contributed by atoms with E-state index in [1.165, 1.54) is 0 Å². The van der Waals surface area contributed by atoms with E-state index in [4.69, 9.17) is 0 Å². The number of carbonyl (C=O) groups is 2. The molecule has 0 spiro atoms. The zero-order valence-corrected chi connectivity index (χ0v) is 18.8. The molecule has 160 valence electrons. The van der Waals surface area contributed by atoms with Gasteiger partial charge in [-0.2, -0.15) is 0 Å². The summed E-state index contributed by atoms with van der Waals surface area (Å²) in [6.45, 7) is 15.5. The molecule has 0 radical (unpaired) electrons. The molecule has 5 nitrogen and oxygen atoms in total. The highest BCUT2D eigenvalue weighted by atomic mass is 16.2. The van der Waals surface area contributed by atoms with Crippen LogP contribution in [0.25, 0.3) is 0 Å². The fourth-order valence-electron chi connectivity index (χ4n) is 5.76. The number of hydrogen-bond donors (Lipinski definition) is 1. The Labute approximate surface area is 171 Å². The SMILES string of the molecule is CCC(CC(=O)NCC1(C)CCN(C(=O)C23CCCN2CCC3)C1)C(C)(C)C. The molecule has 1 N–H and O–H groups in total. The van der Waals surface area contributed by atoms with Gasteiger partial charge in [-0.3, -0.25) is 14.5 Å². The quantitative estimate of drug-likeness (QED) is 0.755. The minimum absolute atomic E-state index is 0.00651. The Kier molecular flexibility index (Phi) is 6.15. The molecule has 0 aromatic carbocycles. The lowest BCUT2D eigenvalue weighted by Gasteiger charge is -2.35. The first-order valence-corrected chi connectivity index (χ1v) is 11.4. The predicted octanol–water partition coefficient (Wildman–Crippen LogP) is 3.43. The van der Waals surface area contributed by atoms with E-state index in [1.807, 2.05) is 0 Å². The van der Waals surface area contributed by atoms with Crippen molar-refractivity contribution >= 4 is 11.8 Å². The maximum atomic E-state index is 13.4. The van der Waals surface area contributed by atoms with Gasteiger partial charge in [-0.05, 0) is 56.5 Å². The number of carbonyl (C=O) groups excluding carboxylic acids is 2. The topological polar surface area (TPSA) is 52.7 Å². The fourth-order valence-corrected chi connectivity index (χ4v) is 5.76. The highest BCUT2D eigenvalue weighted by Crippen LogP contribution is 2.42. The molecule has 5 heteroatoms. The summed E-state index contributed by atoms with van der Waals surface area (Å²) in [5, 5.41) is 3.19. The summed E-state index contributed by atoms with van der Waals surface area (Å²) < 4.78 is 0. The highest BCUT2D eigenvalue weighted by molar-refractivity contribution is 5.87. The first-order valence-electron chi connectivity index (χ1n) is 11.4. The van der Waals surface area contributed by atoms with Gasteiger partial charge in [0.05, 0.1) is 0 Å². The number of rotatable bonds is 6. The molecule has 0 aromatic rings. The van der Waals surface area contributed by atoms with Gasteiger partial charge >= 0.3 is 0 Å². The van der Waals surface area contributed by atoms with Gasteiger partial charge in [0, 0.05) is 31.5 Å². The average Bonchev–Trinajstić information content (AvgIpc) is 3.30. The van der Waals surface area contributed by atoms with Crippen molar-refractivity contribution in [3.05, 3.63) is 0 Å². The van der Waals surface area contributed by atoms with Gasteiger partial charge in [0.2, 0.25) is 11.8 Å². The Hall–Kier alpha value is -1.10. The lowest BCUT2D eigenvalue weighted by Crippen LogP contribution is -2.53. The number of nitrogens with one attached hydrogen (secondary N) is 1. The van der Waals surface area contributed by atoms with Gasteiger partial charge in [0.1, 0.15) is 5.54 Å². The van der Waals surface area contributed by atoms with Crippen molar-refractivity contribution in [3.63, 3.8) is 0 Å². The normalized spacial score (nSPS) is 28.4. The van der Waals surface area contributed by atoms with E-state index < -0.39 is 0 Å². The van der Waals surface area contributed by atoms with Gasteiger partial charge < -0.3 is 10.2 Å². The van der Waals surface area contributed by atoms with Crippen molar-refractivity contribution in [1.29, 1.82) is 0 Å². The van der Waals surface area contributed by atoms with Crippen molar-refractivity contribution in [2.24, 2.45) is 16.7 Å². The second-order valence-electron chi connectivity index (χ2n) is 11.0. The van der Waals surface area contributed by atoms with Crippen LogP contribution in [0.5, 0.6) is 0 Å². The molecule has 3 rings (SSSR count). The molecule has 3 heterocycles. The van der Waals surface area contributed by atoms with Crippen LogP contribution < -0.4 is 5.32 Å². The van der Waals surface area contributed by atoms with Crippen LogP contribution in [0, 0.1) is 16.7 Å². The van der Waals surface area contributed by atoms with Crippen molar-refractivity contribution in [2.45, 2.75) is 85.1 Å². The Bertz CT molecular complexity index is 587. The van der Waals surface area contributed by atoms with E-state index in [-0.39, 0.29) is 22.3 Å². The van der Waals surface area contributed by atoms with Crippen LogP contribution >= 0.6 is 0 Å². The third-order valence-electron chi connectivity index (χ3n) is 7.75. The molecule has 0 aliphatic carbocycles. The van der Waals surface area contributed by atoms with E-state index in [2.05, 4.69) is 49.7 Å². The zero-order chi connectivity index (χ0) is 20.6. The third-order valence-corrected chi connectivity index (χ3v) is 7.75. The van der Waals surface area contributed by atoms with Crippen LogP contribution in [0.2, 0.25) is 0 Å². The molecule has 3 saturated heterocycles. The van der Waals surface area contributed by atoms with E-state index in [0.717, 1.165) is 64.7 Å². The molecule has 0 bridgehead atoms. The summed E-state index contributed by atoms with van der Waals surface area (Å²) in [6, 6.07) is 0. The second-order valence-corrected chi connectivity index (χ2v) is 11.0. The third kappa shape index (κ3) is 4.24. The zero-order valence-electron chi connectivity index (χ0n) is 18.8. The van der Waals surface area contributed by atoms with E-state index >= 15 is 0 Å². The van der Waals surface area contributed by atoms with E-state index in [0.29, 0.717) is 24.8 Å². The monoisotopic (exact) mass is 391 g/mol. The lowest BCUT2D eigenvalue weighted by atomic mass is 9.77. The number of hydrogen-bond acceptors (Lipinski definition) is 3. The van der Waals surface area contributed by atoms with Gasteiger partial charge in [0.15, 0.2) is 0 Å². The van der Waals surface area contributed by atoms with Crippen LogP contribution in [0.4, 0.5) is 0 Å². The van der Waals surface area contributed by atoms with Gasteiger partial charge in [0.25, 0.3) is 0 Å². The number of likely N-dealkylation sites (tertiary alicyclic amines) is 1. The molecule has 3 fully saturated rings. The maximum absolute atomic E-state index is 13.4. The van der Waals surface area contributed by atoms with Crippen molar-refractivity contribution < 1.29 is 9.59 Å². The minimum Gasteiger partial charge on any atom is -0.355 e. The largest absolute Gasteiger partial charge is 0.355 e. The first-order chi connectivity index (χ1) is 13.1. The number of fused-ring (bicyclic) bond motifs is 1. The molecule has 2 amide bonds. The summed E-state index contributed by atoms with van der Waals surface area (Å²) in [4.78, 5) is 30.4. The molecule has 28 heavy (non-hydrogen) atoms. The van der Waals surface area contributed by atoms with E-state index in [1.54, 1.807) is 0 Å². The van der Waals surface area contributed by atoms with Gasteiger partial charge in [-0.25, -0.2) is 0 Å². The van der Waals surface area contributed by atoms with Crippen molar-refractivity contribution in [1.82, 2.24) is 15.1 Å². The summed E-state index contributed by atoms with van der Waals surface area (Å²) in [7, 11) is 0. The smallest absolute Gasteiger partial charge is 0.243 e. The summed E-state index contributed by atoms with van der Waals surface area (Å²) in [5.74, 6) is 0.914. The Morgan fingerprint density at radius 2 is 1.71 bits per heavy atom. The van der Waals surface area contributed by atoms with Crippen LogP contribution in [0.1, 0.15) is 79.6 Å². The van der Waals surface area contributed by atoms with E-state index in [9.17, 15) is 9.59 Å². The molecule has 0 aromatic heterocycles. The summed E-state index contributed by atoms with van der Waals surface area (Å²) in [6.07, 6.45) is 6.96. The molecule has 3 aliphatic rings. The Morgan fingerprint density at radius 1 is 1.07 bits per heavy atom. The first kappa shape index (κ1) is 21.6. The molecule has 0 saturated carbocycles. The second kappa shape index (κ2) is 7.97. The molecule has 2 unspecified atom stereocenters.